The van der Waals surface area contributed by atoms with Gasteiger partial charge in [-0.15, -0.1) is 0 Å². The summed E-state index contributed by atoms with van der Waals surface area (Å²) >= 11 is 0. The highest BCUT2D eigenvalue weighted by atomic mass is 16.6. The molecule has 0 amide bonds. The second-order valence-corrected chi connectivity index (χ2v) is 4.52. The molecule has 0 spiro atoms. The summed E-state index contributed by atoms with van der Waals surface area (Å²) in [7, 11) is 0. The number of nitro groups is 1. The second-order valence-electron chi connectivity index (χ2n) is 4.52. The molecular weight excluding hydrogens is 274 g/mol. The van der Waals surface area contributed by atoms with Gasteiger partial charge in [-0.1, -0.05) is 0 Å². The van der Waals surface area contributed by atoms with E-state index in [0.717, 1.165) is 0 Å². The van der Waals surface area contributed by atoms with Crippen molar-refractivity contribution in [3.63, 3.8) is 0 Å². The van der Waals surface area contributed by atoms with Gasteiger partial charge in [-0.2, -0.15) is 0 Å². The monoisotopic (exact) mass is 287 g/mol. The molecule has 1 heterocycles. The molecule has 0 atom stereocenters. The number of nitrogens with one attached hydrogen (secondary N) is 1. The van der Waals surface area contributed by atoms with Crippen molar-refractivity contribution < 1.29 is 14.8 Å². The summed E-state index contributed by atoms with van der Waals surface area (Å²) in [6, 6.07) is 7.68. The number of aromatic carboxylic acids is 1. The average molecular weight is 287 g/mol. The Bertz CT molecular complexity index is 667. The number of carboxylic acids is 1. The van der Waals surface area contributed by atoms with Crippen molar-refractivity contribution in [3.05, 3.63) is 57.3 Å². The van der Waals surface area contributed by atoms with Crippen LogP contribution in [-0.2, 0) is 0 Å². The Hall–Kier alpha value is -2.96. The maximum absolute atomic E-state index is 10.9. The minimum absolute atomic E-state index is 0.0436. The van der Waals surface area contributed by atoms with Gasteiger partial charge < -0.3 is 10.4 Å². The summed E-state index contributed by atoms with van der Waals surface area (Å²) < 4.78 is 0. The Morgan fingerprint density at radius 3 is 2.52 bits per heavy atom. The summed E-state index contributed by atoms with van der Waals surface area (Å²) in [5, 5.41) is 22.7. The largest absolute Gasteiger partial charge is 0.478 e. The SMILES string of the molecule is Cc1cc(Nc2ccc([N+](=O)[O-])c(C)n2)ccc1C(=O)O. The Kier molecular flexibility index (Phi) is 3.84. The van der Waals surface area contributed by atoms with E-state index >= 15 is 0 Å². The number of benzene rings is 1. The molecule has 0 aliphatic rings. The number of hydrogen-bond donors (Lipinski definition) is 2. The average Bonchev–Trinajstić information content (AvgIpc) is 2.37. The van der Waals surface area contributed by atoms with E-state index in [9.17, 15) is 14.9 Å². The molecule has 0 aliphatic heterocycles. The van der Waals surface area contributed by atoms with Gasteiger partial charge in [0.25, 0.3) is 5.69 Å². The van der Waals surface area contributed by atoms with Crippen LogP contribution in [0.15, 0.2) is 30.3 Å². The van der Waals surface area contributed by atoms with E-state index in [-0.39, 0.29) is 11.3 Å². The lowest BCUT2D eigenvalue weighted by Crippen LogP contribution is -2.02. The number of aromatic nitrogens is 1. The van der Waals surface area contributed by atoms with Crippen molar-refractivity contribution in [1.29, 1.82) is 0 Å². The topological polar surface area (TPSA) is 105 Å². The number of pyridine rings is 1. The van der Waals surface area contributed by atoms with Crippen molar-refractivity contribution in [2.75, 3.05) is 5.32 Å². The molecular formula is C14H13N3O4. The zero-order chi connectivity index (χ0) is 15.6. The number of carboxylic acid groups (broad SMARTS) is 1. The molecule has 0 radical (unpaired) electrons. The predicted octanol–water partition coefficient (Wildman–Crippen LogP) is 3.05. The molecule has 2 aromatic rings. The fourth-order valence-electron chi connectivity index (χ4n) is 1.95. The van der Waals surface area contributed by atoms with Gasteiger partial charge in [0.15, 0.2) is 0 Å². The smallest absolute Gasteiger partial charge is 0.335 e. The Labute approximate surface area is 120 Å². The number of aryl methyl sites for hydroxylation is 2. The summed E-state index contributed by atoms with van der Waals surface area (Å²) in [4.78, 5) is 25.3. The summed E-state index contributed by atoms with van der Waals surface area (Å²) in [6.07, 6.45) is 0. The van der Waals surface area contributed by atoms with Crippen molar-refractivity contribution in [1.82, 2.24) is 4.98 Å². The van der Waals surface area contributed by atoms with Gasteiger partial charge in [0.05, 0.1) is 10.5 Å². The van der Waals surface area contributed by atoms with Gasteiger partial charge in [0.2, 0.25) is 0 Å². The summed E-state index contributed by atoms with van der Waals surface area (Å²) in [5.74, 6) is -0.524. The van der Waals surface area contributed by atoms with Crippen LogP contribution in [0.4, 0.5) is 17.2 Å². The molecule has 0 bridgehead atoms. The van der Waals surface area contributed by atoms with Crippen LogP contribution in [0.5, 0.6) is 0 Å². The maximum atomic E-state index is 10.9. The first-order valence-electron chi connectivity index (χ1n) is 6.11. The maximum Gasteiger partial charge on any atom is 0.335 e. The first-order valence-corrected chi connectivity index (χ1v) is 6.11. The third-order valence-corrected chi connectivity index (χ3v) is 2.98. The van der Waals surface area contributed by atoms with E-state index in [1.807, 2.05) is 0 Å². The fourth-order valence-corrected chi connectivity index (χ4v) is 1.95. The number of anilines is 2. The molecule has 0 saturated carbocycles. The molecule has 2 N–H and O–H groups in total. The van der Waals surface area contributed by atoms with Crippen molar-refractivity contribution >= 4 is 23.2 Å². The van der Waals surface area contributed by atoms with Crippen LogP contribution < -0.4 is 5.32 Å². The first-order chi connectivity index (χ1) is 9.88. The fraction of sp³-hybridized carbons (Fsp3) is 0.143. The molecule has 1 aromatic carbocycles. The molecule has 0 saturated heterocycles. The zero-order valence-corrected chi connectivity index (χ0v) is 11.5. The molecule has 108 valence electrons. The lowest BCUT2D eigenvalue weighted by Gasteiger charge is -2.08. The number of nitrogens with zero attached hydrogens (tertiary/aromatic N) is 2. The van der Waals surface area contributed by atoms with Gasteiger partial charge in [-0.05, 0) is 43.7 Å². The van der Waals surface area contributed by atoms with Gasteiger partial charge in [0.1, 0.15) is 11.5 Å². The van der Waals surface area contributed by atoms with E-state index in [0.29, 0.717) is 22.8 Å². The molecule has 21 heavy (non-hydrogen) atoms. The second kappa shape index (κ2) is 5.58. The number of rotatable bonds is 4. The Balaban J connectivity index is 2.26. The van der Waals surface area contributed by atoms with Crippen molar-refractivity contribution in [2.45, 2.75) is 13.8 Å². The predicted molar refractivity (Wildman–Crippen MR) is 77.0 cm³/mol. The van der Waals surface area contributed by atoms with Crippen LogP contribution in [0.3, 0.4) is 0 Å². The van der Waals surface area contributed by atoms with E-state index in [4.69, 9.17) is 5.11 Å². The highest BCUT2D eigenvalue weighted by Crippen LogP contribution is 2.22. The highest BCUT2D eigenvalue weighted by Gasteiger charge is 2.12. The van der Waals surface area contributed by atoms with Crippen LogP contribution >= 0.6 is 0 Å². The molecule has 7 nitrogen and oxygen atoms in total. The van der Waals surface area contributed by atoms with Gasteiger partial charge in [-0.25, -0.2) is 9.78 Å². The lowest BCUT2D eigenvalue weighted by molar-refractivity contribution is -0.385. The minimum atomic E-state index is -0.983. The van der Waals surface area contributed by atoms with Gasteiger partial charge in [-0.3, -0.25) is 10.1 Å². The molecule has 2 rings (SSSR count). The van der Waals surface area contributed by atoms with Crippen LogP contribution in [-0.4, -0.2) is 21.0 Å². The lowest BCUT2D eigenvalue weighted by atomic mass is 10.1. The Morgan fingerprint density at radius 2 is 2.00 bits per heavy atom. The normalized spacial score (nSPS) is 10.2. The van der Waals surface area contributed by atoms with E-state index < -0.39 is 10.9 Å². The first kappa shape index (κ1) is 14.4. The zero-order valence-electron chi connectivity index (χ0n) is 11.5. The molecule has 1 aromatic heterocycles. The molecule has 7 heteroatoms. The van der Waals surface area contributed by atoms with E-state index in [2.05, 4.69) is 10.3 Å². The van der Waals surface area contributed by atoms with E-state index in [1.165, 1.54) is 18.2 Å². The van der Waals surface area contributed by atoms with Crippen molar-refractivity contribution in [2.24, 2.45) is 0 Å². The Morgan fingerprint density at radius 1 is 1.29 bits per heavy atom. The molecule has 0 unspecified atom stereocenters. The van der Waals surface area contributed by atoms with Crippen LogP contribution in [0, 0.1) is 24.0 Å². The summed E-state index contributed by atoms with van der Waals surface area (Å²) in [5.41, 5.74) is 1.78. The van der Waals surface area contributed by atoms with Crippen molar-refractivity contribution in [3.8, 4) is 0 Å². The number of carbonyl (C=O) groups is 1. The standard InChI is InChI=1S/C14H13N3O4/c1-8-7-10(3-4-11(8)14(18)19)16-13-6-5-12(17(20)21)9(2)15-13/h3-7H,1-2H3,(H,15,16)(H,18,19). The van der Waals surface area contributed by atoms with Crippen LogP contribution in [0.1, 0.15) is 21.6 Å². The highest BCUT2D eigenvalue weighted by molar-refractivity contribution is 5.90. The third kappa shape index (κ3) is 3.14. The molecule has 0 aliphatic carbocycles. The molecule has 0 fully saturated rings. The van der Waals surface area contributed by atoms with Crippen LogP contribution in [0.2, 0.25) is 0 Å². The van der Waals surface area contributed by atoms with Gasteiger partial charge >= 0.3 is 5.97 Å². The van der Waals surface area contributed by atoms with Crippen LogP contribution in [0.25, 0.3) is 0 Å². The number of hydrogen-bond acceptors (Lipinski definition) is 5. The third-order valence-electron chi connectivity index (χ3n) is 2.98. The quantitative estimate of drug-likeness (QED) is 0.661. The minimum Gasteiger partial charge on any atom is -0.478 e. The summed E-state index contributed by atoms with van der Waals surface area (Å²) in [6.45, 7) is 3.26. The van der Waals surface area contributed by atoms with E-state index in [1.54, 1.807) is 26.0 Å². The van der Waals surface area contributed by atoms with Gasteiger partial charge in [0, 0.05) is 11.8 Å².